The summed E-state index contributed by atoms with van der Waals surface area (Å²) in [6.45, 7) is 4.33. The molecule has 0 saturated heterocycles. The van der Waals surface area contributed by atoms with E-state index in [0.717, 1.165) is 0 Å². The summed E-state index contributed by atoms with van der Waals surface area (Å²) in [5.41, 5.74) is 7.12. The summed E-state index contributed by atoms with van der Waals surface area (Å²) < 4.78 is 0. The fourth-order valence-corrected chi connectivity index (χ4v) is 3.04. The summed E-state index contributed by atoms with van der Waals surface area (Å²) in [7, 11) is 0. The van der Waals surface area contributed by atoms with Crippen LogP contribution >= 0.6 is 0 Å². The molecule has 0 aliphatic heterocycles. The summed E-state index contributed by atoms with van der Waals surface area (Å²) in [6.07, 6.45) is 6.71. The van der Waals surface area contributed by atoms with Crippen molar-refractivity contribution in [2.45, 2.75) is 52.0 Å². The van der Waals surface area contributed by atoms with Crippen molar-refractivity contribution in [1.82, 2.24) is 5.43 Å². The minimum absolute atomic E-state index is 0.329. The van der Waals surface area contributed by atoms with E-state index >= 15 is 0 Å². The molecule has 1 atom stereocenters. The molecule has 1 saturated carbocycles. The molecule has 0 amide bonds. The van der Waals surface area contributed by atoms with Gasteiger partial charge in [0.15, 0.2) is 0 Å². The minimum Gasteiger partial charge on any atom is -0.271 e. The molecular formula is C15H24N2. The third kappa shape index (κ3) is 2.88. The molecule has 1 fully saturated rings. The number of hydrogen-bond donors (Lipinski definition) is 2. The normalized spacial score (nSPS) is 19.2. The zero-order valence-electron chi connectivity index (χ0n) is 11.0. The summed E-state index contributed by atoms with van der Waals surface area (Å²) in [5.74, 6) is 6.51. The molecule has 0 spiro atoms. The number of hydrazine groups is 1. The first kappa shape index (κ1) is 12.6. The summed E-state index contributed by atoms with van der Waals surface area (Å²) in [6, 6.07) is 7.00. The van der Waals surface area contributed by atoms with Crippen LogP contribution in [0.25, 0.3) is 0 Å². The van der Waals surface area contributed by atoms with Gasteiger partial charge in [0.05, 0.1) is 0 Å². The van der Waals surface area contributed by atoms with Crippen molar-refractivity contribution in [3.8, 4) is 0 Å². The highest BCUT2D eigenvalue weighted by atomic mass is 15.2. The van der Waals surface area contributed by atoms with Crippen LogP contribution in [0.4, 0.5) is 0 Å². The first-order valence-corrected chi connectivity index (χ1v) is 6.75. The van der Waals surface area contributed by atoms with Gasteiger partial charge in [-0.2, -0.15) is 0 Å². The number of aryl methyl sites for hydroxylation is 2. The average Bonchev–Trinajstić information content (AvgIpc) is 2.36. The Hall–Kier alpha value is -0.860. The molecule has 1 aliphatic rings. The van der Waals surface area contributed by atoms with Crippen molar-refractivity contribution in [2.75, 3.05) is 0 Å². The summed E-state index contributed by atoms with van der Waals surface area (Å²) in [5, 5.41) is 0. The van der Waals surface area contributed by atoms with Crippen molar-refractivity contribution in [3.63, 3.8) is 0 Å². The van der Waals surface area contributed by atoms with E-state index in [1.165, 1.54) is 48.8 Å². The first-order valence-electron chi connectivity index (χ1n) is 6.75. The van der Waals surface area contributed by atoms with Gasteiger partial charge < -0.3 is 0 Å². The molecule has 1 aliphatic carbocycles. The van der Waals surface area contributed by atoms with E-state index in [2.05, 4.69) is 37.5 Å². The molecule has 0 radical (unpaired) electrons. The maximum absolute atomic E-state index is 5.80. The highest BCUT2D eigenvalue weighted by molar-refractivity contribution is 5.33. The van der Waals surface area contributed by atoms with Crippen molar-refractivity contribution < 1.29 is 0 Å². The van der Waals surface area contributed by atoms with Crippen LogP contribution < -0.4 is 11.3 Å². The van der Waals surface area contributed by atoms with Gasteiger partial charge in [-0.1, -0.05) is 43.0 Å². The third-order valence-corrected chi connectivity index (χ3v) is 4.07. The number of nitrogens with two attached hydrogens (primary N) is 1. The van der Waals surface area contributed by atoms with Gasteiger partial charge in [0, 0.05) is 6.04 Å². The monoisotopic (exact) mass is 232 g/mol. The van der Waals surface area contributed by atoms with Gasteiger partial charge in [-0.3, -0.25) is 11.3 Å². The molecule has 2 heteroatoms. The Morgan fingerprint density at radius 3 is 2.53 bits per heavy atom. The van der Waals surface area contributed by atoms with Crippen LogP contribution in [-0.2, 0) is 0 Å². The molecule has 0 heterocycles. The maximum Gasteiger partial charge on any atom is 0.0490 e. The second kappa shape index (κ2) is 5.65. The highest BCUT2D eigenvalue weighted by Gasteiger charge is 2.25. The molecule has 17 heavy (non-hydrogen) atoms. The van der Waals surface area contributed by atoms with Crippen molar-refractivity contribution in [2.24, 2.45) is 11.8 Å². The fraction of sp³-hybridized carbons (Fsp3) is 0.600. The van der Waals surface area contributed by atoms with Gasteiger partial charge in [-0.15, -0.1) is 0 Å². The fourth-order valence-electron chi connectivity index (χ4n) is 3.04. The van der Waals surface area contributed by atoms with Crippen LogP contribution in [0.15, 0.2) is 18.2 Å². The predicted octanol–water partition coefficient (Wildman–Crippen LogP) is 3.39. The van der Waals surface area contributed by atoms with Gasteiger partial charge in [-0.25, -0.2) is 0 Å². The Bertz CT molecular complexity index is 367. The quantitative estimate of drug-likeness (QED) is 0.619. The maximum atomic E-state index is 5.80. The highest BCUT2D eigenvalue weighted by Crippen LogP contribution is 2.35. The lowest BCUT2D eigenvalue weighted by molar-refractivity contribution is 0.273. The second-order valence-electron chi connectivity index (χ2n) is 5.40. The largest absolute Gasteiger partial charge is 0.271 e. The average molecular weight is 232 g/mol. The Labute approximate surface area is 105 Å². The van der Waals surface area contributed by atoms with Crippen LogP contribution in [0.5, 0.6) is 0 Å². The van der Waals surface area contributed by atoms with Crippen LogP contribution in [0.1, 0.15) is 54.8 Å². The molecule has 3 N–H and O–H groups in total. The van der Waals surface area contributed by atoms with Crippen molar-refractivity contribution in [3.05, 3.63) is 34.9 Å². The van der Waals surface area contributed by atoms with E-state index in [1.807, 2.05) is 0 Å². The lowest BCUT2D eigenvalue weighted by atomic mass is 9.80. The summed E-state index contributed by atoms with van der Waals surface area (Å²) in [4.78, 5) is 0. The molecule has 0 aromatic heterocycles. The number of hydrogen-bond acceptors (Lipinski definition) is 2. The van der Waals surface area contributed by atoms with Crippen molar-refractivity contribution >= 4 is 0 Å². The number of benzene rings is 1. The van der Waals surface area contributed by atoms with Crippen molar-refractivity contribution in [1.29, 1.82) is 0 Å². The minimum atomic E-state index is 0.329. The molecule has 1 aromatic carbocycles. The zero-order chi connectivity index (χ0) is 12.3. The summed E-state index contributed by atoms with van der Waals surface area (Å²) >= 11 is 0. The Morgan fingerprint density at radius 2 is 1.88 bits per heavy atom. The van der Waals surface area contributed by atoms with E-state index in [0.29, 0.717) is 12.0 Å². The van der Waals surface area contributed by atoms with E-state index in [1.54, 1.807) is 0 Å². The first-order chi connectivity index (χ1) is 8.22. The van der Waals surface area contributed by atoms with Gasteiger partial charge in [-0.05, 0) is 43.7 Å². The van der Waals surface area contributed by atoms with Gasteiger partial charge in [0.25, 0.3) is 0 Å². The predicted molar refractivity (Wildman–Crippen MR) is 72.6 cm³/mol. The van der Waals surface area contributed by atoms with Crippen LogP contribution in [0.2, 0.25) is 0 Å². The van der Waals surface area contributed by atoms with Crippen LogP contribution in [0.3, 0.4) is 0 Å². The molecule has 2 rings (SSSR count). The van der Waals surface area contributed by atoms with E-state index < -0.39 is 0 Å². The standard InChI is InChI=1S/C15H24N2/c1-11-8-9-12(2)14(10-11)15(17-16)13-6-4-3-5-7-13/h8-10,13,15,17H,3-7,16H2,1-2H3. The topological polar surface area (TPSA) is 38.0 Å². The second-order valence-corrected chi connectivity index (χ2v) is 5.40. The van der Waals surface area contributed by atoms with E-state index in [-0.39, 0.29) is 0 Å². The van der Waals surface area contributed by atoms with E-state index in [4.69, 9.17) is 5.84 Å². The molecule has 1 unspecified atom stereocenters. The van der Waals surface area contributed by atoms with E-state index in [9.17, 15) is 0 Å². The van der Waals surface area contributed by atoms with Gasteiger partial charge >= 0.3 is 0 Å². The lowest BCUT2D eigenvalue weighted by Gasteiger charge is -2.31. The number of nitrogens with one attached hydrogen (secondary N) is 1. The third-order valence-electron chi connectivity index (χ3n) is 4.07. The molecule has 2 nitrogen and oxygen atoms in total. The molecule has 0 bridgehead atoms. The number of rotatable bonds is 3. The molecular weight excluding hydrogens is 208 g/mol. The SMILES string of the molecule is Cc1ccc(C)c(C(NN)C2CCCCC2)c1. The van der Waals surface area contributed by atoms with Crippen LogP contribution in [0, 0.1) is 19.8 Å². The molecule has 94 valence electrons. The van der Waals surface area contributed by atoms with Crippen LogP contribution in [-0.4, -0.2) is 0 Å². The van der Waals surface area contributed by atoms with Gasteiger partial charge in [0.2, 0.25) is 0 Å². The van der Waals surface area contributed by atoms with Gasteiger partial charge in [0.1, 0.15) is 0 Å². The Morgan fingerprint density at radius 1 is 1.18 bits per heavy atom. The zero-order valence-corrected chi connectivity index (χ0v) is 11.0. The Kier molecular flexibility index (Phi) is 4.19. The lowest BCUT2D eigenvalue weighted by Crippen LogP contribution is -2.35. The Balaban J connectivity index is 2.24. The smallest absolute Gasteiger partial charge is 0.0490 e. The molecule has 1 aromatic rings.